The number of halogens is 1. The van der Waals surface area contributed by atoms with E-state index in [0.717, 1.165) is 28.0 Å². The van der Waals surface area contributed by atoms with E-state index in [2.05, 4.69) is 32.4 Å². The average Bonchev–Trinajstić information content (AvgIpc) is 3.61. The fourth-order valence-corrected chi connectivity index (χ4v) is 4.35. The van der Waals surface area contributed by atoms with Crippen LogP contribution in [-0.4, -0.2) is 38.9 Å². The topological polar surface area (TPSA) is 63.9 Å². The van der Waals surface area contributed by atoms with Crippen molar-refractivity contribution >= 4 is 23.3 Å². The number of aromatic nitrogens is 4. The van der Waals surface area contributed by atoms with Crippen LogP contribution in [0.3, 0.4) is 0 Å². The Kier molecular flexibility index (Phi) is 5.40. The van der Waals surface area contributed by atoms with Crippen LogP contribution in [0.1, 0.15) is 41.5 Å². The molecule has 0 aliphatic heterocycles. The summed E-state index contributed by atoms with van der Waals surface area (Å²) < 4.78 is 15.6. The minimum absolute atomic E-state index is 0.120. The zero-order valence-electron chi connectivity index (χ0n) is 19.0. The molecule has 33 heavy (non-hydrogen) atoms. The maximum Gasteiger partial charge on any atom is 0.196 e. The Bertz CT molecular complexity index is 1330. The van der Waals surface area contributed by atoms with Gasteiger partial charge in [-0.2, -0.15) is 0 Å². The molecule has 0 spiro atoms. The average molecular weight is 444 g/mol. The Morgan fingerprint density at radius 3 is 2.58 bits per heavy atom. The van der Waals surface area contributed by atoms with Crippen molar-refractivity contribution < 1.29 is 9.18 Å². The second-order valence-corrected chi connectivity index (χ2v) is 8.90. The lowest BCUT2D eigenvalue weighted by Gasteiger charge is -2.27. The van der Waals surface area contributed by atoms with E-state index in [9.17, 15) is 9.18 Å². The van der Waals surface area contributed by atoms with Crippen molar-refractivity contribution in [2.75, 3.05) is 11.9 Å². The quantitative estimate of drug-likeness (QED) is 0.375. The van der Waals surface area contributed by atoms with Gasteiger partial charge in [0.05, 0.1) is 0 Å². The van der Waals surface area contributed by atoms with Crippen LogP contribution in [0.4, 0.5) is 10.2 Å². The van der Waals surface area contributed by atoms with Gasteiger partial charge < -0.3 is 9.47 Å². The lowest BCUT2D eigenvalue weighted by molar-refractivity contribution is 0.111. The van der Waals surface area contributed by atoms with E-state index in [4.69, 9.17) is 4.98 Å². The van der Waals surface area contributed by atoms with Crippen LogP contribution < -0.4 is 4.90 Å². The van der Waals surface area contributed by atoms with Gasteiger partial charge in [-0.25, -0.2) is 19.3 Å². The fourth-order valence-electron chi connectivity index (χ4n) is 4.35. The number of imidazole rings is 1. The highest BCUT2D eigenvalue weighted by Gasteiger charge is 2.33. The highest BCUT2D eigenvalue weighted by molar-refractivity contribution is 5.90. The summed E-state index contributed by atoms with van der Waals surface area (Å²) in [6, 6.07) is 14.9. The molecule has 1 atom stereocenters. The molecule has 1 aliphatic carbocycles. The summed E-state index contributed by atoms with van der Waals surface area (Å²) in [5, 5.41) is 0. The molecule has 6 nitrogen and oxygen atoms in total. The summed E-state index contributed by atoms with van der Waals surface area (Å²) in [4.78, 5) is 27.7. The number of rotatable bonds is 7. The first kappa shape index (κ1) is 21.2. The van der Waals surface area contributed by atoms with E-state index in [0.29, 0.717) is 30.2 Å². The summed E-state index contributed by atoms with van der Waals surface area (Å²) in [7, 11) is 2.01. The van der Waals surface area contributed by atoms with Crippen molar-refractivity contribution in [3.63, 3.8) is 0 Å². The monoisotopic (exact) mass is 443 g/mol. The van der Waals surface area contributed by atoms with E-state index in [1.807, 2.05) is 32.2 Å². The van der Waals surface area contributed by atoms with Gasteiger partial charge in [-0.05, 0) is 56.4 Å². The van der Waals surface area contributed by atoms with Crippen molar-refractivity contribution in [1.29, 1.82) is 0 Å². The third-order valence-corrected chi connectivity index (χ3v) is 6.49. The summed E-state index contributed by atoms with van der Waals surface area (Å²) in [5.41, 5.74) is 4.26. The summed E-state index contributed by atoms with van der Waals surface area (Å²) in [6.07, 6.45) is 3.07. The van der Waals surface area contributed by atoms with E-state index in [1.54, 1.807) is 12.1 Å². The lowest BCUT2D eigenvalue weighted by Crippen LogP contribution is -2.32. The third kappa shape index (κ3) is 4.11. The maximum absolute atomic E-state index is 13.6. The van der Waals surface area contributed by atoms with E-state index >= 15 is 0 Å². The number of hydrogen-bond acceptors (Lipinski definition) is 5. The first-order chi connectivity index (χ1) is 15.9. The number of aryl methyl sites for hydroxylation is 1. The predicted octanol–water partition coefficient (Wildman–Crippen LogP) is 5.04. The van der Waals surface area contributed by atoms with Gasteiger partial charge in [0.25, 0.3) is 0 Å². The van der Waals surface area contributed by atoms with Crippen LogP contribution in [0.5, 0.6) is 0 Å². The van der Waals surface area contributed by atoms with Crippen LogP contribution in [0.25, 0.3) is 22.6 Å². The van der Waals surface area contributed by atoms with Crippen molar-refractivity contribution in [3.8, 4) is 11.4 Å². The number of benzene rings is 2. The number of aldehydes is 1. The molecule has 2 heterocycles. The molecule has 1 saturated carbocycles. The molecule has 0 radical (unpaired) electrons. The zero-order valence-corrected chi connectivity index (χ0v) is 19.0. The second kappa shape index (κ2) is 8.39. The molecule has 1 unspecified atom stereocenters. The second-order valence-electron chi connectivity index (χ2n) is 8.90. The highest BCUT2D eigenvalue weighted by atomic mass is 19.1. The van der Waals surface area contributed by atoms with E-state index < -0.39 is 0 Å². The zero-order chi connectivity index (χ0) is 23.1. The third-order valence-electron chi connectivity index (χ3n) is 6.49. The minimum atomic E-state index is -0.272. The minimum Gasteiger partial charge on any atom is -0.355 e. The Morgan fingerprint density at radius 2 is 1.91 bits per heavy atom. The normalized spacial score (nSPS) is 14.4. The van der Waals surface area contributed by atoms with Gasteiger partial charge in [0.1, 0.15) is 17.2 Å². The summed E-state index contributed by atoms with van der Waals surface area (Å²) >= 11 is 0. The van der Waals surface area contributed by atoms with Gasteiger partial charge >= 0.3 is 0 Å². The Morgan fingerprint density at radius 1 is 1.15 bits per heavy atom. The van der Waals surface area contributed by atoms with Gasteiger partial charge in [-0.15, -0.1) is 0 Å². The molecule has 0 bridgehead atoms. The van der Waals surface area contributed by atoms with Crippen molar-refractivity contribution in [1.82, 2.24) is 19.5 Å². The Balaban J connectivity index is 1.75. The van der Waals surface area contributed by atoms with Crippen LogP contribution in [0.15, 0.2) is 48.5 Å². The molecule has 4 aromatic rings. The first-order valence-electron chi connectivity index (χ1n) is 11.2. The molecule has 2 aromatic heterocycles. The highest BCUT2D eigenvalue weighted by Crippen LogP contribution is 2.38. The van der Waals surface area contributed by atoms with Gasteiger partial charge in [0.15, 0.2) is 23.6 Å². The first-order valence-corrected chi connectivity index (χ1v) is 11.2. The molecule has 2 aromatic carbocycles. The number of anilines is 1. The Hall–Kier alpha value is -3.61. The van der Waals surface area contributed by atoms with Crippen LogP contribution in [0, 0.1) is 18.7 Å². The van der Waals surface area contributed by atoms with Gasteiger partial charge in [0.2, 0.25) is 0 Å². The van der Waals surface area contributed by atoms with Gasteiger partial charge in [-0.1, -0.05) is 35.9 Å². The molecule has 0 N–H and O–H groups in total. The van der Waals surface area contributed by atoms with Gasteiger partial charge in [-0.3, -0.25) is 4.79 Å². The molecule has 1 aliphatic rings. The molecular weight excluding hydrogens is 417 g/mol. The predicted molar refractivity (Wildman–Crippen MR) is 127 cm³/mol. The van der Waals surface area contributed by atoms with Crippen molar-refractivity contribution in [3.05, 3.63) is 71.3 Å². The SMILES string of the molecule is Cc1cccc(-c2nc3nc(C=O)nc(N(C)C(C)C4CC4)c3n2Cc2ccc(F)cc2)c1. The van der Waals surface area contributed by atoms with E-state index in [-0.39, 0.29) is 17.7 Å². The Labute approximate surface area is 192 Å². The van der Waals surface area contributed by atoms with E-state index in [1.165, 1.54) is 25.0 Å². The molecule has 0 saturated heterocycles. The molecule has 7 heteroatoms. The van der Waals surface area contributed by atoms with Crippen LogP contribution >= 0.6 is 0 Å². The van der Waals surface area contributed by atoms with Gasteiger partial charge in [0, 0.05) is 25.2 Å². The number of hydrogen-bond donors (Lipinski definition) is 0. The van der Waals surface area contributed by atoms with Crippen molar-refractivity contribution in [2.24, 2.45) is 5.92 Å². The number of carbonyl (C=O) groups excluding carboxylic acids is 1. The fraction of sp³-hybridized carbons (Fsp3) is 0.308. The number of carbonyl (C=O) groups is 1. The number of nitrogens with zero attached hydrogens (tertiary/aromatic N) is 5. The summed E-state index contributed by atoms with van der Waals surface area (Å²) in [6.45, 7) is 4.70. The van der Waals surface area contributed by atoms with Crippen molar-refractivity contribution in [2.45, 2.75) is 39.3 Å². The smallest absolute Gasteiger partial charge is 0.196 e. The number of fused-ring (bicyclic) bond motifs is 1. The van der Waals surface area contributed by atoms with Crippen LogP contribution in [0.2, 0.25) is 0 Å². The lowest BCUT2D eigenvalue weighted by atomic mass is 10.1. The summed E-state index contributed by atoms with van der Waals surface area (Å²) in [5.74, 6) is 1.89. The van der Waals surface area contributed by atoms with Crippen LogP contribution in [-0.2, 0) is 6.54 Å². The molecular formula is C26H26FN5O. The molecule has 1 fully saturated rings. The maximum atomic E-state index is 13.6. The standard InChI is InChI=1S/C26H26FN5O/c1-16-5-4-6-20(13-16)25-30-24-23(32(25)14-18-7-11-21(27)12-8-18)26(29-22(15-33)28-24)31(3)17(2)19-9-10-19/h4-8,11-13,15,17,19H,9-10,14H2,1-3H3. The molecule has 168 valence electrons. The largest absolute Gasteiger partial charge is 0.355 e. The molecule has 0 amide bonds. The molecule has 5 rings (SSSR count).